The lowest BCUT2D eigenvalue weighted by Gasteiger charge is -2.33. The van der Waals surface area contributed by atoms with E-state index in [9.17, 15) is 9.18 Å². The van der Waals surface area contributed by atoms with E-state index in [1.165, 1.54) is 6.07 Å². The number of amides is 1. The Balaban J connectivity index is 1.48. The molecule has 0 saturated carbocycles. The standard InChI is InChI=1S/C25H30FN3O3/c1-25(2,3)32-24(30)28-14-8-9-18(15-28)17-31-23-27-21-12-6-7-13-22(21)29(23)16-19-10-4-5-11-20(19)26/h4-7,10-13,18H,8-9,14-17H2,1-3H3/t18-/m1/s1. The highest BCUT2D eigenvalue weighted by Crippen LogP contribution is 2.26. The van der Waals surface area contributed by atoms with Gasteiger partial charge in [-0.25, -0.2) is 9.18 Å². The van der Waals surface area contributed by atoms with E-state index in [0.29, 0.717) is 37.8 Å². The molecule has 1 atom stereocenters. The Kier molecular flexibility index (Phi) is 6.35. The Bertz CT molecular complexity index is 1090. The average molecular weight is 440 g/mol. The van der Waals surface area contributed by atoms with Crippen LogP contribution in [-0.2, 0) is 11.3 Å². The van der Waals surface area contributed by atoms with E-state index in [4.69, 9.17) is 9.47 Å². The summed E-state index contributed by atoms with van der Waals surface area (Å²) in [4.78, 5) is 18.8. The number of fused-ring (bicyclic) bond motifs is 1. The van der Waals surface area contributed by atoms with Gasteiger partial charge in [-0.05, 0) is 51.8 Å². The minimum absolute atomic E-state index is 0.179. The molecule has 0 aliphatic carbocycles. The second-order valence-electron chi connectivity index (χ2n) is 9.31. The van der Waals surface area contributed by atoms with Crippen LogP contribution in [0.25, 0.3) is 11.0 Å². The first-order valence-electron chi connectivity index (χ1n) is 11.1. The Morgan fingerprint density at radius 1 is 1.16 bits per heavy atom. The molecule has 2 aromatic carbocycles. The van der Waals surface area contributed by atoms with Crippen molar-refractivity contribution in [3.05, 3.63) is 59.9 Å². The van der Waals surface area contributed by atoms with Crippen molar-refractivity contribution in [1.29, 1.82) is 0 Å². The number of piperidine rings is 1. The SMILES string of the molecule is CC(C)(C)OC(=O)N1CCC[C@@H](COc2nc3ccccc3n2Cc2ccccc2F)C1. The van der Waals surface area contributed by atoms with Gasteiger partial charge in [0.05, 0.1) is 24.2 Å². The molecule has 170 valence electrons. The molecule has 7 heteroatoms. The van der Waals surface area contributed by atoms with Crippen LogP contribution < -0.4 is 4.74 Å². The predicted octanol–water partition coefficient (Wildman–Crippen LogP) is 5.25. The van der Waals surface area contributed by atoms with Crippen LogP contribution in [0.5, 0.6) is 6.01 Å². The van der Waals surface area contributed by atoms with Crippen LogP contribution in [0.15, 0.2) is 48.5 Å². The first-order chi connectivity index (χ1) is 15.3. The Labute approximate surface area is 187 Å². The topological polar surface area (TPSA) is 56.6 Å². The quantitative estimate of drug-likeness (QED) is 0.545. The van der Waals surface area contributed by atoms with Crippen molar-refractivity contribution in [3.8, 4) is 6.01 Å². The molecule has 32 heavy (non-hydrogen) atoms. The summed E-state index contributed by atoms with van der Waals surface area (Å²) in [7, 11) is 0. The van der Waals surface area contributed by atoms with Gasteiger partial charge in [0.1, 0.15) is 11.4 Å². The molecular weight excluding hydrogens is 409 g/mol. The lowest BCUT2D eigenvalue weighted by atomic mass is 9.99. The maximum atomic E-state index is 14.3. The third-order valence-electron chi connectivity index (χ3n) is 5.52. The molecule has 1 aromatic heterocycles. The highest BCUT2D eigenvalue weighted by atomic mass is 19.1. The summed E-state index contributed by atoms with van der Waals surface area (Å²) in [6.45, 7) is 7.65. The molecule has 0 spiro atoms. The van der Waals surface area contributed by atoms with Gasteiger partial charge >= 0.3 is 6.09 Å². The van der Waals surface area contributed by atoms with Crippen LogP contribution in [0.4, 0.5) is 9.18 Å². The van der Waals surface area contributed by atoms with Crippen molar-refractivity contribution < 1.29 is 18.7 Å². The zero-order valence-electron chi connectivity index (χ0n) is 18.9. The van der Waals surface area contributed by atoms with Gasteiger partial charge in [-0.15, -0.1) is 0 Å². The van der Waals surface area contributed by atoms with Crippen LogP contribution >= 0.6 is 0 Å². The first-order valence-corrected chi connectivity index (χ1v) is 11.1. The highest BCUT2D eigenvalue weighted by Gasteiger charge is 2.28. The van der Waals surface area contributed by atoms with E-state index in [1.54, 1.807) is 17.0 Å². The molecule has 0 N–H and O–H groups in total. The maximum absolute atomic E-state index is 14.3. The summed E-state index contributed by atoms with van der Waals surface area (Å²) in [6, 6.07) is 14.9. The van der Waals surface area contributed by atoms with Gasteiger partial charge in [0.15, 0.2) is 0 Å². The second kappa shape index (κ2) is 9.18. The molecule has 1 aliphatic heterocycles. The molecule has 0 bridgehead atoms. The van der Waals surface area contributed by atoms with Crippen molar-refractivity contribution in [2.24, 2.45) is 5.92 Å². The van der Waals surface area contributed by atoms with Crippen LogP contribution in [0, 0.1) is 11.7 Å². The van der Waals surface area contributed by atoms with Gasteiger partial charge in [-0.3, -0.25) is 4.57 Å². The number of carbonyl (C=O) groups excluding carboxylic acids is 1. The first kappa shape index (κ1) is 22.1. The molecule has 1 aliphatic rings. The molecule has 2 heterocycles. The smallest absolute Gasteiger partial charge is 0.410 e. The molecule has 1 saturated heterocycles. The number of imidazole rings is 1. The summed E-state index contributed by atoms with van der Waals surface area (Å²) in [5.41, 5.74) is 1.76. The number of carbonyl (C=O) groups is 1. The number of likely N-dealkylation sites (tertiary alicyclic amines) is 1. The monoisotopic (exact) mass is 439 g/mol. The molecule has 1 amide bonds. The largest absolute Gasteiger partial charge is 0.464 e. The maximum Gasteiger partial charge on any atom is 0.410 e. The number of rotatable bonds is 5. The lowest BCUT2D eigenvalue weighted by molar-refractivity contribution is 0.0136. The Morgan fingerprint density at radius 3 is 2.69 bits per heavy atom. The van der Waals surface area contributed by atoms with E-state index in [-0.39, 0.29) is 17.8 Å². The molecule has 4 rings (SSSR count). The summed E-state index contributed by atoms with van der Waals surface area (Å²) >= 11 is 0. The highest BCUT2D eigenvalue weighted by molar-refractivity contribution is 5.76. The van der Waals surface area contributed by atoms with E-state index >= 15 is 0 Å². The number of ether oxygens (including phenoxy) is 2. The number of halogens is 1. The third kappa shape index (κ3) is 5.21. The Hall–Kier alpha value is -3.09. The third-order valence-corrected chi connectivity index (χ3v) is 5.52. The number of aromatic nitrogens is 2. The number of hydrogen-bond acceptors (Lipinski definition) is 4. The minimum atomic E-state index is -0.516. The van der Waals surface area contributed by atoms with Gasteiger partial charge < -0.3 is 14.4 Å². The zero-order valence-corrected chi connectivity index (χ0v) is 18.9. The Morgan fingerprint density at radius 2 is 1.91 bits per heavy atom. The summed E-state index contributed by atoms with van der Waals surface area (Å²) in [5, 5.41) is 0. The van der Waals surface area contributed by atoms with Crippen LogP contribution in [0.3, 0.4) is 0 Å². The molecule has 3 aromatic rings. The molecule has 6 nitrogen and oxygen atoms in total. The summed E-state index contributed by atoms with van der Waals surface area (Å²) < 4.78 is 27.9. The van der Waals surface area contributed by atoms with E-state index < -0.39 is 5.60 Å². The van der Waals surface area contributed by atoms with Crippen molar-refractivity contribution >= 4 is 17.1 Å². The van der Waals surface area contributed by atoms with Crippen LogP contribution in [-0.4, -0.2) is 45.8 Å². The van der Waals surface area contributed by atoms with Gasteiger partial charge in [0.2, 0.25) is 0 Å². The second-order valence-corrected chi connectivity index (χ2v) is 9.31. The van der Waals surface area contributed by atoms with Gasteiger partial charge in [-0.1, -0.05) is 30.3 Å². The molecular formula is C25H30FN3O3. The lowest BCUT2D eigenvalue weighted by Crippen LogP contribution is -2.44. The van der Waals surface area contributed by atoms with Gasteiger partial charge in [-0.2, -0.15) is 4.98 Å². The van der Waals surface area contributed by atoms with Gasteiger partial charge in [0, 0.05) is 24.6 Å². The number of hydrogen-bond donors (Lipinski definition) is 0. The number of nitrogens with zero attached hydrogens (tertiary/aromatic N) is 3. The van der Waals surface area contributed by atoms with Crippen molar-refractivity contribution in [1.82, 2.24) is 14.5 Å². The van der Waals surface area contributed by atoms with Crippen molar-refractivity contribution in [2.75, 3.05) is 19.7 Å². The molecule has 0 unspecified atom stereocenters. The fourth-order valence-corrected chi connectivity index (χ4v) is 4.00. The fourth-order valence-electron chi connectivity index (χ4n) is 4.00. The number of benzene rings is 2. The predicted molar refractivity (Wildman–Crippen MR) is 121 cm³/mol. The normalized spacial score (nSPS) is 16.9. The van der Waals surface area contributed by atoms with Crippen molar-refractivity contribution in [3.63, 3.8) is 0 Å². The summed E-state index contributed by atoms with van der Waals surface area (Å²) in [5.74, 6) is -0.0745. The van der Waals surface area contributed by atoms with Crippen LogP contribution in [0.1, 0.15) is 39.2 Å². The van der Waals surface area contributed by atoms with E-state index in [1.807, 2.05) is 55.7 Å². The minimum Gasteiger partial charge on any atom is -0.464 e. The fraction of sp³-hybridized carbons (Fsp3) is 0.440. The number of para-hydroxylation sites is 2. The van der Waals surface area contributed by atoms with E-state index in [0.717, 1.165) is 23.9 Å². The van der Waals surface area contributed by atoms with E-state index in [2.05, 4.69) is 4.98 Å². The van der Waals surface area contributed by atoms with Crippen molar-refractivity contribution in [2.45, 2.75) is 45.8 Å². The van der Waals surface area contributed by atoms with Gasteiger partial charge in [0.25, 0.3) is 6.01 Å². The molecule has 0 radical (unpaired) electrons. The molecule has 1 fully saturated rings. The summed E-state index contributed by atoms with van der Waals surface area (Å²) in [6.07, 6.45) is 1.58. The average Bonchev–Trinajstić information content (AvgIpc) is 3.10. The zero-order chi connectivity index (χ0) is 22.7. The van der Waals surface area contributed by atoms with Crippen LogP contribution in [0.2, 0.25) is 0 Å².